The Morgan fingerprint density at radius 2 is 1.89 bits per heavy atom. The second-order valence-corrected chi connectivity index (χ2v) is 4.84. The molecule has 0 aliphatic heterocycles. The van der Waals surface area contributed by atoms with Gasteiger partial charge >= 0.3 is 5.97 Å². The van der Waals surface area contributed by atoms with Crippen molar-refractivity contribution in [1.29, 1.82) is 0 Å². The molecule has 0 N–H and O–H groups in total. The standard InChI is InChI=1S/C15H17NO3/c1-9(2)13-7-11-5-6-12(15(18)19-4)8-14(11)16(13)10(3)17/h5-9H,1-4H3. The third-order valence-corrected chi connectivity index (χ3v) is 3.16. The Hall–Kier alpha value is -2.10. The molecule has 0 saturated heterocycles. The average molecular weight is 259 g/mol. The number of hydrogen-bond acceptors (Lipinski definition) is 3. The Kier molecular flexibility index (Phi) is 3.42. The second kappa shape index (κ2) is 4.88. The molecule has 0 amide bonds. The molecule has 2 aromatic rings. The summed E-state index contributed by atoms with van der Waals surface area (Å²) in [5.74, 6) is -0.220. The van der Waals surface area contributed by atoms with E-state index >= 15 is 0 Å². The van der Waals surface area contributed by atoms with Crippen LogP contribution in [0.2, 0.25) is 0 Å². The van der Waals surface area contributed by atoms with E-state index in [9.17, 15) is 9.59 Å². The van der Waals surface area contributed by atoms with Gasteiger partial charge in [0, 0.05) is 18.0 Å². The molecule has 4 heteroatoms. The number of carbonyl (C=O) groups is 2. The monoisotopic (exact) mass is 259 g/mol. The summed E-state index contributed by atoms with van der Waals surface area (Å²) in [6.45, 7) is 5.60. The molecule has 1 heterocycles. The van der Waals surface area contributed by atoms with E-state index in [0.29, 0.717) is 5.56 Å². The predicted molar refractivity (Wildman–Crippen MR) is 73.7 cm³/mol. The molecule has 0 aliphatic carbocycles. The normalized spacial score (nSPS) is 11.0. The van der Waals surface area contributed by atoms with E-state index < -0.39 is 5.97 Å². The first-order valence-electron chi connectivity index (χ1n) is 6.20. The first-order chi connectivity index (χ1) is 8.95. The van der Waals surface area contributed by atoms with Gasteiger partial charge in [-0.15, -0.1) is 0 Å². The van der Waals surface area contributed by atoms with Gasteiger partial charge in [-0.1, -0.05) is 19.9 Å². The van der Waals surface area contributed by atoms with Crippen molar-refractivity contribution in [3.05, 3.63) is 35.5 Å². The summed E-state index contributed by atoms with van der Waals surface area (Å²) < 4.78 is 6.37. The van der Waals surface area contributed by atoms with Crippen LogP contribution in [0.25, 0.3) is 10.9 Å². The van der Waals surface area contributed by atoms with Gasteiger partial charge in [-0.25, -0.2) is 4.79 Å². The number of ether oxygens (including phenoxy) is 1. The number of nitrogens with zero attached hydrogens (tertiary/aromatic N) is 1. The number of rotatable bonds is 2. The molecule has 4 nitrogen and oxygen atoms in total. The molecule has 1 aromatic heterocycles. The van der Waals surface area contributed by atoms with Crippen LogP contribution in [0.1, 0.15) is 47.5 Å². The van der Waals surface area contributed by atoms with Gasteiger partial charge in [0.05, 0.1) is 18.2 Å². The van der Waals surface area contributed by atoms with Gasteiger partial charge in [-0.2, -0.15) is 0 Å². The Labute approximate surface area is 112 Å². The van der Waals surface area contributed by atoms with Crippen molar-refractivity contribution >= 4 is 22.8 Å². The predicted octanol–water partition coefficient (Wildman–Crippen LogP) is 3.21. The van der Waals surface area contributed by atoms with Crippen LogP contribution >= 0.6 is 0 Å². The largest absolute Gasteiger partial charge is 0.465 e. The minimum atomic E-state index is -0.399. The highest BCUT2D eigenvalue weighted by Gasteiger charge is 2.16. The molecule has 0 atom stereocenters. The lowest BCUT2D eigenvalue weighted by Crippen LogP contribution is -2.11. The maximum atomic E-state index is 11.8. The summed E-state index contributed by atoms with van der Waals surface area (Å²) >= 11 is 0. The Morgan fingerprint density at radius 3 is 2.42 bits per heavy atom. The van der Waals surface area contributed by atoms with E-state index in [1.165, 1.54) is 14.0 Å². The molecule has 100 valence electrons. The highest BCUT2D eigenvalue weighted by atomic mass is 16.5. The van der Waals surface area contributed by atoms with E-state index in [0.717, 1.165) is 16.6 Å². The lowest BCUT2D eigenvalue weighted by molar-refractivity contribution is 0.0600. The number of hydrogen-bond donors (Lipinski definition) is 0. The van der Waals surface area contributed by atoms with Gasteiger partial charge in [-0.3, -0.25) is 9.36 Å². The van der Waals surface area contributed by atoms with E-state index in [4.69, 9.17) is 4.74 Å². The van der Waals surface area contributed by atoms with Crippen LogP contribution in [0.5, 0.6) is 0 Å². The minimum Gasteiger partial charge on any atom is -0.465 e. The Balaban J connectivity index is 2.73. The molecule has 2 rings (SSSR count). The van der Waals surface area contributed by atoms with Crippen molar-refractivity contribution in [2.75, 3.05) is 7.11 Å². The Morgan fingerprint density at radius 1 is 1.21 bits per heavy atom. The number of methoxy groups -OCH3 is 1. The van der Waals surface area contributed by atoms with Crippen molar-refractivity contribution < 1.29 is 14.3 Å². The SMILES string of the molecule is COC(=O)c1ccc2cc(C(C)C)n(C(C)=O)c2c1. The zero-order chi connectivity index (χ0) is 14.2. The van der Waals surface area contributed by atoms with Crippen LogP contribution in [-0.4, -0.2) is 23.6 Å². The molecule has 0 spiro atoms. The van der Waals surface area contributed by atoms with Gasteiger partial charge in [0.1, 0.15) is 0 Å². The molecule has 0 saturated carbocycles. The minimum absolute atomic E-state index is 0.0549. The summed E-state index contributed by atoms with van der Waals surface area (Å²) in [6, 6.07) is 7.24. The topological polar surface area (TPSA) is 48.3 Å². The fourth-order valence-electron chi connectivity index (χ4n) is 2.24. The molecule has 0 bridgehead atoms. The van der Waals surface area contributed by atoms with E-state index in [1.54, 1.807) is 16.7 Å². The van der Waals surface area contributed by atoms with Crippen LogP contribution in [0.15, 0.2) is 24.3 Å². The number of fused-ring (bicyclic) bond motifs is 1. The van der Waals surface area contributed by atoms with Gasteiger partial charge in [0.2, 0.25) is 5.91 Å². The summed E-state index contributed by atoms with van der Waals surface area (Å²) in [5.41, 5.74) is 2.15. The summed E-state index contributed by atoms with van der Waals surface area (Å²) in [6.07, 6.45) is 0. The summed E-state index contributed by atoms with van der Waals surface area (Å²) in [5, 5.41) is 0.951. The van der Waals surface area contributed by atoms with Crippen molar-refractivity contribution in [3.8, 4) is 0 Å². The first kappa shape index (κ1) is 13.3. The molecule has 0 unspecified atom stereocenters. The van der Waals surface area contributed by atoms with E-state index in [2.05, 4.69) is 0 Å². The lowest BCUT2D eigenvalue weighted by Gasteiger charge is -2.09. The summed E-state index contributed by atoms with van der Waals surface area (Å²) in [4.78, 5) is 23.4. The smallest absolute Gasteiger partial charge is 0.337 e. The number of benzene rings is 1. The third kappa shape index (κ3) is 2.26. The quantitative estimate of drug-likeness (QED) is 0.778. The maximum Gasteiger partial charge on any atom is 0.337 e. The van der Waals surface area contributed by atoms with Crippen LogP contribution in [0.3, 0.4) is 0 Å². The zero-order valence-corrected chi connectivity index (χ0v) is 11.6. The molecule has 1 aromatic carbocycles. The fourth-order valence-corrected chi connectivity index (χ4v) is 2.24. The fraction of sp³-hybridized carbons (Fsp3) is 0.333. The van der Waals surface area contributed by atoms with Crippen LogP contribution < -0.4 is 0 Å². The van der Waals surface area contributed by atoms with Crippen LogP contribution in [-0.2, 0) is 4.74 Å². The van der Waals surface area contributed by atoms with Gasteiger partial charge in [0.25, 0.3) is 0 Å². The van der Waals surface area contributed by atoms with E-state index in [-0.39, 0.29) is 11.8 Å². The molecular weight excluding hydrogens is 242 g/mol. The molecular formula is C15H17NO3. The molecule has 19 heavy (non-hydrogen) atoms. The van der Waals surface area contributed by atoms with Gasteiger partial charge < -0.3 is 4.74 Å². The zero-order valence-electron chi connectivity index (χ0n) is 11.6. The number of aromatic nitrogens is 1. The van der Waals surface area contributed by atoms with Crippen molar-refractivity contribution in [2.45, 2.75) is 26.7 Å². The number of carbonyl (C=O) groups excluding carboxylic acids is 2. The first-order valence-corrected chi connectivity index (χ1v) is 6.20. The second-order valence-electron chi connectivity index (χ2n) is 4.84. The molecule has 0 aliphatic rings. The highest BCUT2D eigenvalue weighted by molar-refractivity contribution is 5.98. The maximum absolute atomic E-state index is 11.8. The van der Waals surface area contributed by atoms with Crippen LogP contribution in [0, 0.1) is 0 Å². The lowest BCUT2D eigenvalue weighted by atomic mass is 10.1. The molecule has 0 radical (unpaired) electrons. The van der Waals surface area contributed by atoms with E-state index in [1.807, 2.05) is 26.0 Å². The Bertz CT molecular complexity index is 653. The van der Waals surface area contributed by atoms with Crippen molar-refractivity contribution in [2.24, 2.45) is 0 Å². The third-order valence-electron chi connectivity index (χ3n) is 3.16. The van der Waals surface area contributed by atoms with Gasteiger partial charge in [0.15, 0.2) is 0 Å². The van der Waals surface area contributed by atoms with Crippen molar-refractivity contribution in [1.82, 2.24) is 4.57 Å². The average Bonchev–Trinajstić information content (AvgIpc) is 2.76. The molecule has 0 fully saturated rings. The van der Waals surface area contributed by atoms with Crippen molar-refractivity contribution in [3.63, 3.8) is 0 Å². The van der Waals surface area contributed by atoms with Crippen LogP contribution in [0.4, 0.5) is 0 Å². The van der Waals surface area contributed by atoms with Gasteiger partial charge in [-0.05, 0) is 24.1 Å². The highest BCUT2D eigenvalue weighted by Crippen LogP contribution is 2.26. The number of esters is 1. The summed E-state index contributed by atoms with van der Waals surface area (Å²) in [7, 11) is 1.34.